The summed E-state index contributed by atoms with van der Waals surface area (Å²) in [5.41, 5.74) is 2.20. The molecule has 1 fully saturated rings. The molecule has 8 nitrogen and oxygen atoms in total. The summed E-state index contributed by atoms with van der Waals surface area (Å²) in [4.78, 5) is 30.7. The number of aliphatic hydroxyl groups is 1. The highest BCUT2D eigenvalue weighted by Gasteiger charge is 2.46. The number of methoxy groups -OCH3 is 1. The van der Waals surface area contributed by atoms with Crippen molar-refractivity contribution in [3.63, 3.8) is 0 Å². The zero-order valence-corrected chi connectivity index (χ0v) is 24.5. The second-order valence-electron chi connectivity index (χ2n) is 10.9. The predicted molar refractivity (Wildman–Crippen MR) is 155 cm³/mol. The fourth-order valence-electron chi connectivity index (χ4n) is 5.35. The number of carbonyl (C=O) groups excluding carboxylic acids is 2. The van der Waals surface area contributed by atoms with Crippen LogP contribution in [-0.4, -0.2) is 72.6 Å². The topological polar surface area (TPSA) is 88.5 Å². The minimum atomic E-state index is -0.766. The number of ketones is 1. The summed E-state index contributed by atoms with van der Waals surface area (Å²) in [7, 11) is 1.57. The van der Waals surface area contributed by atoms with Crippen LogP contribution in [-0.2, 0) is 16.0 Å². The first kappa shape index (κ1) is 29.5. The van der Waals surface area contributed by atoms with Crippen LogP contribution in [0.1, 0.15) is 63.8 Å². The monoisotopic (exact) mass is 550 g/mol. The van der Waals surface area contributed by atoms with Crippen molar-refractivity contribution in [2.45, 2.75) is 59.6 Å². The Bertz CT molecular complexity index is 1270. The molecule has 2 aliphatic rings. The van der Waals surface area contributed by atoms with Crippen molar-refractivity contribution in [3.8, 4) is 17.2 Å². The summed E-state index contributed by atoms with van der Waals surface area (Å²) >= 11 is 0. The Hall–Kier alpha value is -3.52. The summed E-state index contributed by atoms with van der Waals surface area (Å²) in [6.45, 7) is 13.6. The fourth-order valence-corrected chi connectivity index (χ4v) is 5.35. The zero-order chi connectivity index (χ0) is 29.0. The van der Waals surface area contributed by atoms with Crippen molar-refractivity contribution in [3.05, 3.63) is 58.7 Å². The minimum Gasteiger partial charge on any atom is -0.507 e. The third-order valence-corrected chi connectivity index (χ3v) is 7.72. The number of likely N-dealkylation sites (N-methyl/N-ethyl adjacent to an activating group) is 1. The Morgan fingerprint density at radius 2 is 1.88 bits per heavy atom. The van der Waals surface area contributed by atoms with E-state index in [1.165, 1.54) is 0 Å². The molecule has 0 aliphatic carbocycles. The van der Waals surface area contributed by atoms with Gasteiger partial charge < -0.3 is 29.1 Å². The number of benzene rings is 2. The van der Waals surface area contributed by atoms with Gasteiger partial charge in [0.05, 0.1) is 25.3 Å². The van der Waals surface area contributed by atoms with Crippen LogP contribution in [0.5, 0.6) is 17.2 Å². The van der Waals surface area contributed by atoms with E-state index in [1.807, 2.05) is 31.2 Å². The normalized spacial score (nSPS) is 19.9. The Balaban J connectivity index is 1.77. The highest BCUT2D eigenvalue weighted by atomic mass is 16.5. The van der Waals surface area contributed by atoms with E-state index >= 15 is 0 Å². The van der Waals surface area contributed by atoms with Gasteiger partial charge in [0.15, 0.2) is 11.5 Å². The van der Waals surface area contributed by atoms with Gasteiger partial charge in [-0.1, -0.05) is 33.8 Å². The molecule has 2 unspecified atom stereocenters. The molecule has 4 rings (SSSR count). The standard InChI is InChI=1S/C32H42N2O6/c1-7-33(8-2)14-15-34-29(22-9-12-26(27(19-22)38-6)39-16-13-20(3)4)28(31(36)32(34)37)30(35)23-10-11-25-24(18-23)17-21(5)40-25/h9-12,18-21,29,35H,7-8,13-17H2,1-6H3. The van der Waals surface area contributed by atoms with E-state index in [1.54, 1.807) is 24.1 Å². The number of rotatable bonds is 12. The van der Waals surface area contributed by atoms with Gasteiger partial charge in [0.2, 0.25) is 0 Å². The van der Waals surface area contributed by atoms with Gasteiger partial charge in [0, 0.05) is 25.1 Å². The Labute approximate surface area is 237 Å². The molecular formula is C32H42N2O6. The number of aliphatic hydroxyl groups excluding tert-OH is 1. The average molecular weight is 551 g/mol. The van der Waals surface area contributed by atoms with E-state index in [2.05, 4.69) is 32.6 Å². The highest BCUT2D eigenvalue weighted by Crippen LogP contribution is 2.42. The molecule has 1 N–H and O–H groups in total. The SMILES string of the molecule is CCN(CC)CCN1C(=O)C(=O)C(=C(O)c2ccc3c(c2)CC(C)O3)C1c1ccc(OCCC(C)C)c(OC)c1. The third-order valence-electron chi connectivity index (χ3n) is 7.72. The average Bonchev–Trinajstić information content (AvgIpc) is 3.44. The van der Waals surface area contributed by atoms with E-state index < -0.39 is 17.7 Å². The molecule has 0 aromatic heterocycles. The molecule has 2 aromatic carbocycles. The van der Waals surface area contributed by atoms with Gasteiger partial charge in [-0.05, 0) is 73.8 Å². The molecule has 1 amide bonds. The summed E-state index contributed by atoms with van der Waals surface area (Å²) in [5.74, 6) is 0.894. The molecule has 1 saturated heterocycles. The second kappa shape index (κ2) is 12.8. The Kier molecular flexibility index (Phi) is 9.40. The summed E-state index contributed by atoms with van der Waals surface area (Å²) < 4.78 is 17.4. The number of carbonyl (C=O) groups is 2. The van der Waals surface area contributed by atoms with Crippen molar-refractivity contribution < 1.29 is 28.9 Å². The predicted octanol–water partition coefficient (Wildman–Crippen LogP) is 5.21. The zero-order valence-electron chi connectivity index (χ0n) is 24.5. The van der Waals surface area contributed by atoms with E-state index in [0.717, 1.165) is 30.8 Å². The van der Waals surface area contributed by atoms with E-state index in [-0.39, 0.29) is 17.4 Å². The molecule has 216 valence electrons. The van der Waals surface area contributed by atoms with Crippen LogP contribution in [0, 0.1) is 5.92 Å². The lowest BCUT2D eigenvalue weighted by atomic mass is 9.94. The van der Waals surface area contributed by atoms with Crippen LogP contribution in [0.15, 0.2) is 42.0 Å². The molecule has 8 heteroatoms. The van der Waals surface area contributed by atoms with Gasteiger partial charge in [-0.25, -0.2) is 0 Å². The number of hydrogen-bond acceptors (Lipinski definition) is 7. The largest absolute Gasteiger partial charge is 0.507 e. The number of ether oxygens (including phenoxy) is 3. The summed E-state index contributed by atoms with van der Waals surface area (Å²) in [6.07, 6.45) is 1.67. The second-order valence-corrected chi connectivity index (χ2v) is 10.9. The first-order chi connectivity index (χ1) is 19.2. The van der Waals surface area contributed by atoms with Crippen molar-refractivity contribution in [2.24, 2.45) is 5.92 Å². The van der Waals surface area contributed by atoms with Crippen molar-refractivity contribution >= 4 is 17.4 Å². The van der Waals surface area contributed by atoms with Gasteiger partial charge >= 0.3 is 0 Å². The van der Waals surface area contributed by atoms with Gasteiger partial charge in [-0.3, -0.25) is 9.59 Å². The summed E-state index contributed by atoms with van der Waals surface area (Å²) in [5, 5.41) is 11.5. The molecule has 40 heavy (non-hydrogen) atoms. The Morgan fingerprint density at radius 1 is 1.12 bits per heavy atom. The van der Waals surface area contributed by atoms with E-state index in [9.17, 15) is 14.7 Å². The van der Waals surface area contributed by atoms with Crippen LogP contribution in [0.3, 0.4) is 0 Å². The van der Waals surface area contributed by atoms with Crippen LogP contribution < -0.4 is 14.2 Å². The lowest BCUT2D eigenvalue weighted by Gasteiger charge is -2.28. The Morgan fingerprint density at radius 3 is 2.55 bits per heavy atom. The highest BCUT2D eigenvalue weighted by molar-refractivity contribution is 6.46. The molecule has 0 spiro atoms. The van der Waals surface area contributed by atoms with Gasteiger partial charge in [-0.15, -0.1) is 0 Å². The first-order valence-electron chi connectivity index (χ1n) is 14.3. The fraction of sp³-hybridized carbons (Fsp3) is 0.500. The van der Waals surface area contributed by atoms with E-state index in [0.29, 0.717) is 54.7 Å². The third kappa shape index (κ3) is 6.12. The summed E-state index contributed by atoms with van der Waals surface area (Å²) in [6, 6.07) is 10.1. The molecule has 2 aromatic rings. The smallest absolute Gasteiger partial charge is 0.295 e. The molecule has 2 aliphatic heterocycles. The maximum atomic E-state index is 13.5. The van der Waals surface area contributed by atoms with Gasteiger partial charge in [0.25, 0.3) is 11.7 Å². The van der Waals surface area contributed by atoms with Crippen molar-refractivity contribution in [1.29, 1.82) is 0 Å². The lowest BCUT2D eigenvalue weighted by molar-refractivity contribution is -0.140. The first-order valence-corrected chi connectivity index (χ1v) is 14.3. The lowest BCUT2D eigenvalue weighted by Crippen LogP contribution is -2.38. The molecule has 0 saturated carbocycles. The maximum absolute atomic E-state index is 13.5. The maximum Gasteiger partial charge on any atom is 0.295 e. The quantitative estimate of drug-likeness (QED) is 0.221. The number of likely N-dealkylation sites (tertiary alicyclic amines) is 1. The molecule has 2 atom stereocenters. The molecular weight excluding hydrogens is 508 g/mol. The molecule has 0 bridgehead atoms. The number of hydrogen-bond donors (Lipinski definition) is 1. The van der Waals surface area contributed by atoms with Crippen LogP contribution in [0.25, 0.3) is 5.76 Å². The van der Waals surface area contributed by atoms with Gasteiger partial charge in [0.1, 0.15) is 17.6 Å². The number of nitrogens with zero attached hydrogens (tertiary/aromatic N) is 2. The number of amides is 1. The van der Waals surface area contributed by atoms with Crippen LogP contribution in [0.2, 0.25) is 0 Å². The van der Waals surface area contributed by atoms with Gasteiger partial charge in [-0.2, -0.15) is 0 Å². The van der Waals surface area contributed by atoms with Crippen LogP contribution >= 0.6 is 0 Å². The van der Waals surface area contributed by atoms with Crippen LogP contribution in [0.4, 0.5) is 0 Å². The van der Waals surface area contributed by atoms with Crippen molar-refractivity contribution in [1.82, 2.24) is 9.80 Å². The minimum absolute atomic E-state index is 0.0480. The molecule has 2 heterocycles. The van der Waals surface area contributed by atoms with E-state index in [4.69, 9.17) is 14.2 Å². The number of Topliss-reactive ketones (excluding diaryl/α,β-unsaturated/α-hetero) is 1. The molecule has 0 radical (unpaired) electrons. The number of fused-ring (bicyclic) bond motifs is 1. The van der Waals surface area contributed by atoms with Crippen molar-refractivity contribution in [2.75, 3.05) is 39.9 Å².